The molecule has 0 saturated carbocycles. The summed E-state index contributed by atoms with van der Waals surface area (Å²) in [6.07, 6.45) is 0. The van der Waals surface area contributed by atoms with E-state index in [4.69, 9.17) is 23.8 Å². The molecule has 0 atom stereocenters. The SMILES string of the molecule is c1ccc(-c2ccc(-c3nc(-c4ccc5c(c4)oc4ccccc45)nc(-c4ccc5oc6ccc7ccc(-n8c9cc%10ccccc%10cc9c9c%10ccccc%10ccc98)cc7c6c5c4)n3)cc2)cc1. The quantitative estimate of drug-likeness (QED) is 0.172. The van der Waals surface area contributed by atoms with Crippen LogP contribution in [0.2, 0.25) is 0 Å². The van der Waals surface area contributed by atoms with E-state index in [-0.39, 0.29) is 0 Å². The number of furan rings is 2. The Kier molecular flexibility index (Phi) is 7.97. The predicted octanol–water partition coefficient (Wildman–Crippen LogP) is 16.9. The van der Waals surface area contributed by atoms with Gasteiger partial charge in [0.2, 0.25) is 0 Å². The Morgan fingerprint density at radius 2 is 0.841 bits per heavy atom. The fraction of sp³-hybridized carbons (Fsp3) is 0. The maximum Gasteiger partial charge on any atom is 0.164 e. The van der Waals surface area contributed by atoms with Gasteiger partial charge in [-0.15, -0.1) is 0 Å². The zero-order chi connectivity index (χ0) is 45.2. The minimum absolute atomic E-state index is 0.559. The highest BCUT2D eigenvalue weighted by Crippen LogP contribution is 2.42. The Hall–Kier alpha value is -9.39. The molecule has 0 fully saturated rings. The Morgan fingerprint density at radius 1 is 0.275 bits per heavy atom. The molecule has 0 amide bonds. The summed E-state index contributed by atoms with van der Waals surface area (Å²) in [5.41, 5.74) is 11.5. The van der Waals surface area contributed by atoms with Crippen LogP contribution in [0.4, 0.5) is 0 Å². The van der Waals surface area contributed by atoms with Crippen molar-refractivity contribution in [2.24, 2.45) is 0 Å². The zero-order valence-corrected chi connectivity index (χ0v) is 36.9. The van der Waals surface area contributed by atoms with Crippen LogP contribution in [-0.4, -0.2) is 19.5 Å². The molecule has 0 bridgehead atoms. The Bertz CT molecular complexity index is 4600. The summed E-state index contributed by atoms with van der Waals surface area (Å²) in [7, 11) is 0. The van der Waals surface area contributed by atoms with Crippen molar-refractivity contribution in [2.75, 3.05) is 0 Å². The summed E-state index contributed by atoms with van der Waals surface area (Å²) >= 11 is 0. The van der Waals surface area contributed by atoms with Gasteiger partial charge in [0, 0.05) is 54.7 Å². The van der Waals surface area contributed by atoms with Gasteiger partial charge in [-0.05, 0) is 116 Å². The molecular formula is C63H36N4O2. The number of para-hydroxylation sites is 1. The van der Waals surface area contributed by atoms with Crippen LogP contribution in [0.3, 0.4) is 0 Å². The molecule has 0 saturated heterocycles. The number of rotatable bonds is 5. The molecule has 15 aromatic rings. The second-order valence-electron chi connectivity index (χ2n) is 17.9. The third-order valence-electron chi connectivity index (χ3n) is 14.0. The molecule has 11 aromatic carbocycles. The van der Waals surface area contributed by atoms with Gasteiger partial charge in [0.25, 0.3) is 0 Å². The van der Waals surface area contributed by atoms with E-state index in [1.54, 1.807) is 0 Å². The van der Waals surface area contributed by atoms with E-state index in [2.05, 4.69) is 187 Å². The summed E-state index contributed by atoms with van der Waals surface area (Å²) in [4.78, 5) is 15.5. The molecule has 6 nitrogen and oxygen atoms in total. The highest BCUT2D eigenvalue weighted by Gasteiger charge is 2.20. The number of benzene rings is 11. The van der Waals surface area contributed by atoms with Gasteiger partial charge in [-0.2, -0.15) is 0 Å². The van der Waals surface area contributed by atoms with Crippen LogP contribution in [0, 0.1) is 0 Å². The molecule has 0 spiro atoms. The molecule has 15 rings (SSSR count). The first-order valence-electron chi connectivity index (χ1n) is 23.2. The lowest BCUT2D eigenvalue weighted by molar-refractivity contribution is 0.668. The van der Waals surface area contributed by atoms with Crippen molar-refractivity contribution in [2.45, 2.75) is 0 Å². The van der Waals surface area contributed by atoms with Crippen LogP contribution < -0.4 is 0 Å². The maximum atomic E-state index is 6.65. The van der Waals surface area contributed by atoms with Crippen LogP contribution in [0.1, 0.15) is 0 Å². The Balaban J connectivity index is 0.923. The monoisotopic (exact) mass is 880 g/mol. The number of fused-ring (bicyclic) bond motifs is 14. The second-order valence-corrected chi connectivity index (χ2v) is 17.9. The fourth-order valence-corrected chi connectivity index (χ4v) is 10.7. The van der Waals surface area contributed by atoms with E-state index >= 15 is 0 Å². The van der Waals surface area contributed by atoms with Gasteiger partial charge in [-0.25, -0.2) is 15.0 Å². The summed E-state index contributed by atoms with van der Waals surface area (Å²) in [5.74, 6) is 1.70. The molecule has 0 aliphatic heterocycles. The first-order chi connectivity index (χ1) is 34.1. The molecule has 4 heterocycles. The van der Waals surface area contributed by atoms with Gasteiger partial charge < -0.3 is 13.4 Å². The zero-order valence-electron chi connectivity index (χ0n) is 36.9. The van der Waals surface area contributed by atoms with Crippen molar-refractivity contribution in [1.82, 2.24) is 19.5 Å². The van der Waals surface area contributed by atoms with Crippen molar-refractivity contribution >= 4 is 98.0 Å². The highest BCUT2D eigenvalue weighted by molar-refractivity contribution is 6.24. The van der Waals surface area contributed by atoms with E-state index in [1.807, 2.05) is 36.4 Å². The number of nitrogens with zero attached hydrogens (tertiary/aromatic N) is 4. The highest BCUT2D eigenvalue weighted by atomic mass is 16.3. The van der Waals surface area contributed by atoms with Crippen LogP contribution >= 0.6 is 0 Å². The first kappa shape index (κ1) is 37.8. The van der Waals surface area contributed by atoms with E-state index in [0.717, 1.165) is 88.2 Å². The summed E-state index contributed by atoms with van der Waals surface area (Å²) < 4.78 is 15.4. The third kappa shape index (κ3) is 5.89. The molecule has 0 radical (unpaired) electrons. The van der Waals surface area contributed by atoms with Gasteiger partial charge in [-0.1, -0.05) is 146 Å². The number of hydrogen-bond donors (Lipinski definition) is 0. The average molecular weight is 881 g/mol. The van der Waals surface area contributed by atoms with E-state index in [0.29, 0.717) is 17.5 Å². The Morgan fingerprint density at radius 3 is 1.68 bits per heavy atom. The number of hydrogen-bond acceptors (Lipinski definition) is 5. The van der Waals surface area contributed by atoms with Gasteiger partial charge >= 0.3 is 0 Å². The van der Waals surface area contributed by atoms with Crippen molar-refractivity contribution in [3.8, 4) is 51.0 Å². The summed E-state index contributed by atoms with van der Waals surface area (Å²) in [6.45, 7) is 0. The standard InChI is InChI=1S/C63H36N4O2/c1-2-10-37(11-3-1)38-18-20-41(21-19-38)61-64-62(66-63(65-61)45-23-28-49-48-16-8-9-17-55(48)69-58(49)35-45)44-26-30-56-52(33-44)60-50-36-46(27-22-40(50)25-31-57(60)68-56)67-53-29-24-39-12-6-7-15-47(39)59(53)51-32-42-13-4-5-14-43(42)34-54(51)67/h1-36H. The summed E-state index contributed by atoms with van der Waals surface area (Å²) in [6, 6.07) is 77.0. The average Bonchev–Trinajstić information content (AvgIpc) is 4.09. The smallest absolute Gasteiger partial charge is 0.164 e. The van der Waals surface area contributed by atoms with Crippen molar-refractivity contribution in [1.29, 1.82) is 0 Å². The largest absolute Gasteiger partial charge is 0.456 e. The number of aromatic nitrogens is 4. The lowest BCUT2D eigenvalue weighted by Gasteiger charge is -2.11. The van der Waals surface area contributed by atoms with Crippen molar-refractivity contribution in [3.05, 3.63) is 218 Å². The minimum atomic E-state index is 0.559. The second kappa shape index (κ2) is 14.6. The van der Waals surface area contributed by atoms with E-state index in [9.17, 15) is 0 Å². The van der Waals surface area contributed by atoms with Crippen molar-refractivity contribution < 1.29 is 8.83 Å². The van der Waals surface area contributed by atoms with Gasteiger partial charge in [0.15, 0.2) is 17.5 Å². The molecule has 69 heavy (non-hydrogen) atoms. The summed E-state index contributed by atoms with van der Waals surface area (Å²) in [5, 5.41) is 13.8. The topological polar surface area (TPSA) is 69.9 Å². The molecule has 0 aliphatic rings. The van der Waals surface area contributed by atoms with Gasteiger partial charge in [-0.3, -0.25) is 0 Å². The van der Waals surface area contributed by atoms with Gasteiger partial charge in [0.05, 0.1) is 11.0 Å². The molecule has 0 aliphatic carbocycles. The van der Waals surface area contributed by atoms with Crippen LogP contribution in [0.15, 0.2) is 227 Å². The predicted molar refractivity (Wildman–Crippen MR) is 283 cm³/mol. The van der Waals surface area contributed by atoms with E-state index in [1.165, 1.54) is 43.4 Å². The van der Waals surface area contributed by atoms with Crippen molar-refractivity contribution in [3.63, 3.8) is 0 Å². The fourth-order valence-electron chi connectivity index (χ4n) is 10.7. The van der Waals surface area contributed by atoms with Gasteiger partial charge in [0.1, 0.15) is 22.3 Å². The molecule has 320 valence electrons. The minimum Gasteiger partial charge on any atom is -0.456 e. The van der Waals surface area contributed by atoms with Crippen LogP contribution in [-0.2, 0) is 0 Å². The normalized spacial score (nSPS) is 12.1. The van der Waals surface area contributed by atoms with E-state index < -0.39 is 0 Å². The molecule has 0 N–H and O–H groups in total. The lowest BCUT2D eigenvalue weighted by Crippen LogP contribution is -2.00. The van der Waals surface area contributed by atoms with Crippen LogP contribution in [0.5, 0.6) is 0 Å². The first-order valence-corrected chi connectivity index (χ1v) is 23.2. The Labute approximate surface area is 394 Å². The maximum absolute atomic E-state index is 6.65. The third-order valence-corrected chi connectivity index (χ3v) is 14.0. The van der Waals surface area contributed by atoms with Crippen LogP contribution in [0.25, 0.3) is 149 Å². The molecule has 6 heteroatoms. The molecule has 4 aromatic heterocycles. The lowest BCUT2D eigenvalue weighted by atomic mass is 10.0. The molecular weight excluding hydrogens is 845 g/mol. The molecule has 0 unspecified atom stereocenters.